The molecule has 0 aliphatic rings. The van der Waals surface area contributed by atoms with E-state index in [1.807, 2.05) is 6.92 Å². The molecule has 0 fully saturated rings. The first-order valence-corrected chi connectivity index (χ1v) is 6.63. The van der Waals surface area contributed by atoms with Gasteiger partial charge in [0.2, 0.25) is 0 Å². The average molecular weight is 296 g/mol. The second-order valence-electron chi connectivity index (χ2n) is 4.57. The lowest BCUT2D eigenvalue weighted by Gasteiger charge is -2.28. The topological polar surface area (TPSA) is 73.6 Å². The van der Waals surface area contributed by atoms with Crippen LogP contribution < -0.4 is 20.5 Å². The van der Waals surface area contributed by atoms with Crippen LogP contribution in [0.25, 0.3) is 0 Å². The summed E-state index contributed by atoms with van der Waals surface area (Å²) in [5.41, 5.74) is 5.34. The van der Waals surface area contributed by atoms with Crippen LogP contribution in [-0.4, -0.2) is 30.7 Å². The molecule has 5 nitrogen and oxygen atoms in total. The van der Waals surface area contributed by atoms with Crippen molar-refractivity contribution in [2.24, 2.45) is 5.73 Å². The van der Waals surface area contributed by atoms with Gasteiger partial charge in [-0.2, -0.15) is 0 Å². The molecule has 0 aromatic heterocycles. The van der Waals surface area contributed by atoms with Gasteiger partial charge in [0.1, 0.15) is 11.5 Å². The molecule has 0 spiro atoms. The number of thiocarbonyl (C=S) groups is 1. The first kappa shape index (κ1) is 16.2. The maximum absolute atomic E-state index is 12.4. The van der Waals surface area contributed by atoms with Crippen molar-refractivity contribution in [2.45, 2.75) is 25.8 Å². The lowest BCUT2D eigenvalue weighted by molar-refractivity contribution is 0.0923. The SMILES string of the molecule is CCC(C)(NC(=O)c1cc(OC)ccc1OC)C(N)=S. The highest BCUT2D eigenvalue weighted by atomic mass is 32.1. The van der Waals surface area contributed by atoms with Gasteiger partial charge in [-0.3, -0.25) is 4.79 Å². The summed E-state index contributed by atoms with van der Waals surface area (Å²) in [5.74, 6) is 0.729. The summed E-state index contributed by atoms with van der Waals surface area (Å²) in [5, 5.41) is 2.84. The second kappa shape index (κ2) is 6.56. The van der Waals surface area contributed by atoms with E-state index in [1.54, 1.807) is 25.1 Å². The van der Waals surface area contributed by atoms with Gasteiger partial charge in [0.05, 0.1) is 30.3 Å². The van der Waals surface area contributed by atoms with Crippen LogP contribution in [0, 0.1) is 0 Å². The van der Waals surface area contributed by atoms with Gasteiger partial charge in [-0.25, -0.2) is 0 Å². The van der Waals surface area contributed by atoms with Gasteiger partial charge >= 0.3 is 0 Å². The Kier molecular flexibility index (Phi) is 5.33. The molecule has 0 aliphatic heterocycles. The zero-order chi connectivity index (χ0) is 15.3. The summed E-state index contributed by atoms with van der Waals surface area (Å²) in [6.07, 6.45) is 0.598. The standard InChI is InChI=1S/C14H20N2O3S/c1-5-14(2,13(15)20)16-12(17)10-8-9(18-3)6-7-11(10)19-4/h6-8H,5H2,1-4H3,(H2,15,20)(H,16,17). The number of hydrogen-bond acceptors (Lipinski definition) is 4. The van der Waals surface area contributed by atoms with Crippen molar-refractivity contribution >= 4 is 23.1 Å². The van der Waals surface area contributed by atoms with Crippen molar-refractivity contribution in [3.8, 4) is 11.5 Å². The number of amides is 1. The molecule has 0 bridgehead atoms. The maximum Gasteiger partial charge on any atom is 0.255 e. The molecular formula is C14H20N2O3S. The van der Waals surface area contributed by atoms with E-state index in [2.05, 4.69) is 5.32 Å². The van der Waals surface area contributed by atoms with Crippen LogP contribution in [0.2, 0.25) is 0 Å². The van der Waals surface area contributed by atoms with Crippen LogP contribution in [0.15, 0.2) is 18.2 Å². The molecule has 3 N–H and O–H groups in total. The van der Waals surface area contributed by atoms with E-state index in [0.29, 0.717) is 23.5 Å². The number of rotatable bonds is 6. The number of carbonyl (C=O) groups excluding carboxylic acids is 1. The number of benzene rings is 1. The van der Waals surface area contributed by atoms with Crippen molar-refractivity contribution in [2.75, 3.05) is 14.2 Å². The largest absolute Gasteiger partial charge is 0.497 e. The van der Waals surface area contributed by atoms with E-state index in [1.165, 1.54) is 14.2 Å². The van der Waals surface area contributed by atoms with Crippen LogP contribution >= 0.6 is 12.2 Å². The van der Waals surface area contributed by atoms with Crippen molar-refractivity contribution in [1.29, 1.82) is 0 Å². The molecular weight excluding hydrogens is 276 g/mol. The predicted molar refractivity (Wildman–Crippen MR) is 82.5 cm³/mol. The van der Waals surface area contributed by atoms with E-state index in [0.717, 1.165) is 0 Å². The summed E-state index contributed by atoms with van der Waals surface area (Å²) in [7, 11) is 3.04. The molecule has 1 atom stereocenters. The summed E-state index contributed by atoms with van der Waals surface area (Å²) in [6.45, 7) is 3.70. The number of carbonyl (C=O) groups is 1. The van der Waals surface area contributed by atoms with E-state index < -0.39 is 5.54 Å². The highest BCUT2D eigenvalue weighted by Crippen LogP contribution is 2.24. The van der Waals surface area contributed by atoms with Crippen molar-refractivity contribution in [3.05, 3.63) is 23.8 Å². The summed E-state index contributed by atoms with van der Waals surface area (Å²) in [6, 6.07) is 5.02. The van der Waals surface area contributed by atoms with Gasteiger partial charge in [0.25, 0.3) is 5.91 Å². The van der Waals surface area contributed by atoms with E-state index >= 15 is 0 Å². The molecule has 0 aliphatic carbocycles. The zero-order valence-corrected chi connectivity index (χ0v) is 13.0. The second-order valence-corrected chi connectivity index (χ2v) is 5.01. The third-order valence-corrected chi connectivity index (χ3v) is 3.74. The molecule has 1 amide bonds. The number of methoxy groups -OCH3 is 2. The minimum Gasteiger partial charge on any atom is -0.497 e. The van der Waals surface area contributed by atoms with Crippen LogP contribution in [0.3, 0.4) is 0 Å². The molecule has 110 valence electrons. The Hall–Kier alpha value is -1.82. The van der Waals surface area contributed by atoms with Crippen LogP contribution in [0.5, 0.6) is 11.5 Å². The third-order valence-electron chi connectivity index (χ3n) is 3.29. The Morgan fingerprint density at radius 3 is 2.50 bits per heavy atom. The average Bonchev–Trinajstić information content (AvgIpc) is 2.45. The van der Waals surface area contributed by atoms with Gasteiger partial charge < -0.3 is 20.5 Å². The fraction of sp³-hybridized carbons (Fsp3) is 0.429. The number of nitrogens with one attached hydrogen (secondary N) is 1. The molecule has 20 heavy (non-hydrogen) atoms. The first-order chi connectivity index (χ1) is 9.37. The van der Waals surface area contributed by atoms with Crippen LogP contribution in [0.1, 0.15) is 30.6 Å². The number of ether oxygens (including phenoxy) is 2. The lowest BCUT2D eigenvalue weighted by Crippen LogP contribution is -2.54. The fourth-order valence-electron chi connectivity index (χ4n) is 1.63. The molecule has 0 saturated heterocycles. The highest BCUT2D eigenvalue weighted by Gasteiger charge is 2.29. The number of hydrogen-bond donors (Lipinski definition) is 2. The Bertz CT molecular complexity index is 519. The Labute approximate surface area is 124 Å². The van der Waals surface area contributed by atoms with Crippen LogP contribution in [0.4, 0.5) is 0 Å². The molecule has 1 aromatic rings. The minimum atomic E-state index is -0.736. The van der Waals surface area contributed by atoms with Gasteiger partial charge in [0.15, 0.2) is 0 Å². The quantitative estimate of drug-likeness (QED) is 0.784. The predicted octanol–water partition coefficient (Wildman–Crippen LogP) is 1.89. The molecule has 1 unspecified atom stereocenters. The lowest BCUT2D eigenvalue weighted by atomic mass is 9.98. The van der Waals surface area contributed by atoms with Gasteiger partial charge in [-0.1, -0.05) is 19.1 Å². The monoisotopic (exact) mass is 296 g/mol. The molecule has 0 saturated carbocycles. The van der Waals surface area contributed by atoms with Crippen molar-refractivity contribution < 1.29 is 14.3 Å². The normalized spacial score (nSPS) is 13.2. The van der Waals surface area contributed by atoms with E-state index in [-0.39, 0.29) is 10.9 Å². The number of nitrogens with two attached hydrogens (primary N) is 1. The Balaban J connectivity index is 3.11. The van der Waals surface area contributed by atoms with Crippen molar-refractivity contribution in [1.82, 2.24) is 5.32 Å². The van der Waals surface area contributed by atoms with E-state index in [4.69, 9.17) is 27.4 Å². The maximum atomic E-state index is 12.4. The summed E-state index contributed by atoms with van der Waals surface area (Å²) >= 11 is 5.01. The molecule has 0 radical (unpaired) electrons. The van der Waals surface area contributed by atoms with Gasteiger partial charge in [-0.15, -0.1) is 0 Å². The molecule has 1 rings (SSSR count). The zero-order valence-electron chi connectivity index (χ0n) is 12.1. The molecule has 0 heterocycles. The smallest absolute Gasteiger partial charge is 0.255 e. The van der Waals surface area contributed by atoms with Gasteiger partial charge in [-0.05, 0) is 31.5 Å². The molecule has 1 aromatic carbocycles. The van der Waals surface area contributed by atoms with Crippen molar-refractivity contribution in [3.63, 3.8) is 0 Å². The van der Waals surface area contributed by atoms with Crippen LogP contribution in [-0.2, 0) is 0 Å². The van der Waals surface area contributed by atoms with E-state index in [9.17, 15) is 4.79 Å². The fourth-order valence-corrected chi connectivity index (χ4v) is 1.83. The first-order valence-electron chi connectivity index (χ1n) is 6.22. The Morgan fingerprint density at radius 2 is 2.05 bits per heavy atom. The summed E-state index contributed by atoms with van der Waals surface area (Å²) < 4.78 is 10.3. The Morgan fingerprint density at radius 1 is 1.40 bits per heavy atom. The highest BCUT2D eigenvalue weighted by molar-refractivity contribution is 7.80. The third kappa shape index (κ3) is 3.39. The molecule has 6 heteroatoms. The minimum absolute atomic E-state index is 0.246. The van der Waals surface area contributed by atoms with Gasteiger partial charge in [0, 0.05) is 0 Å². The summed E-state index contributed by atoms with van der Waals surface area (Å²) in [4.78, 5) is 12.7.